The number of aromatic nitrogens is 1. The molecule has 1 heterocycles. The Kier molecular flexibility index (Phi) is 5.58. The van der Waals surface area contributed by atoms with E-state index in [1.165, 1.54) is 0 Å². The molecule has 0 bridgehead atoms. The van der Waals surface area contributed by atoms with Crippen molar-refractivity contribution in [1.29, 1.82) is 0 Å². The Bertz CT molecular complexity index is 616. The van der Waals surface area contributed by atoms with Gasteiger partial charge < -0.3 is 5.32 Å². The van der Waals surface area contributed by atoms with Crippen molar-refractivity contribution in [1.82, 2.24) is 10.3 Å². The molecule has 0 amide bonds. The van der Waals surface area contributed by atoms with Crippen LogP contribution in [0.15, 0.2) is 34.8 Å². The third-order valence-corrected chi connectivity index (χ3v) is 3.89. The van der Waals surface area contributed by atoms with Crippen molar-refractivity contribution in [2.24, 2.45) is 0 Å². The van der Waals surface area contributed by atoms with Crippen LogP contribution in [-0.4, -0.2) is 11.5 Å². The maximum absolute atomic E-state index is 5.40. The van der Waals surface area contributed by atoms with Gasteiger partial charge in [0, 0.05) is 16.3 Å². The summed E-state index contributed by atoms with van der Waals surface area (Å²) in [4.78, 5) is 4.80. The molecule has 1 aromatic heterocycles. The molecule has 0 aliphatic carbocycles. The smallest absolute Gasteiger partial charge is 0.0722 e. The van der Waals surface area contributed by atoms with Crippen molar-refractivity contribution in [3.63, 3.8) is 0 Å². The molecular weight excluding hydrogens is 312 g/mol. The van der Waals surface area contributed by atoms with Gasteiger partial charge in [-0.25, -0.2) is 4.98 Å². The molecule has 0 aliphatic heterocycles. The van der Waals surface area contributed by atoms with Gasteiger partial charge in [0.05, 0.1) is 17.3 Å². The van der Waals surface area contributed by atoms with Gasteiger partial charge in [0.1, 0.15) is 0 Å². The first-order chi connectivity index (χ1) is 9.76. The summed E-state index contributed by atoms with van der Waals surface area (Å²) < 4.78 is 1.04. The lowest BCUT2D eigenvalue weighted by molar-refractivity contribution is 0.494. The van der Waals surface area contributed by atoms with E-state index >= 15 is 0 Å². The number of hydrogen-bond acceptors (Lipinski definition) is 2. The lowest BCUT2D eigenvalue weighted by Crippen LogP contribution is -2.23. The van der Waals surface area contributed by atoms with Crippen molar-refractivity contribution < 1.29 is 0 Å². The number of nitrogens with zero attached hydrogens (tertiary/aromatic N) is 1. The van der Waals surface area contributed by atoms with Gasteiger partial charge in [0.15, 0.2) is 0 Å². The number of halogens is 1. The first-order valence-electron chi connectivity index (χ1n) is 6.98. The lowest BCUT2D eigenvalue weighted by Gasteiger charge is -2.19. The number of benzene rings is 1. The van der Waals surface area contributed by atoms with Crippen molar-refractivity contribution in [3.8, 4) is 12.3 Å². The predicted octanol–water partition coefficient (Wildman–Crippen LogP) is 4.45. The SMILES string of the molecule is C#CCCC(NCCC)c1nc2ccccc2cc1Br. The summed E-state index contributed by atoms with van der Waals surface area (Å²) in [7, 11) is 0. The first-order valence-corrected chi connectivity index (χ1v) is 7.77. The largest absolute Gasteiger partial charge is 0.309 e. The Morgan fingerprint density at radius 1 is 1.40 bits per heavy atom. The first kappa shape index (κ1) is 15.0. The number of para-hydroxylation sites is 1. The minimum Gasteiger partial charge on any atom is -0.309 e. The molecule has 3 heteroatoms. The van der Waals surface area contributed by atoms with E-state index in [2.05, 4.69) is 46.2 Å². The summed E-state index contributed by atoms with van der Waals surface area (Å²) in [5.41, 5.74) is 2.07. The van der Waals surface area contributed by atoms with Crippen molar-refractivity contribution >= 4 is 26.8 Å². The molecule has 0 aliphatic rings. The molecule has 2 rings (SSSR count). The highest BCUT2D eigenvalue weighted by Crippen LogP contribution is 2.28. The Hall–Kier alpha value is -1.37. The van der Waals surface area contributed by atoms with E-state index in [1.807, 2.05) is 18.2 Å². The molecule has 0 radical (unpaired) electrons. The zero-order chi connectivity index (χ0) is 14.4. The van der Waals surface area contributed by atoms with Crippen LogP contribution in [0, 0.1) is 12.3 Å². The molecule has 1 atom stereocenters. The van der Waals surface area contributed by atoms with E-state index in [9.17, 15) is 0 Å². The normalized spacial score (nSPS) is 12.2. The van der Waals surface area contributed by atoms with Gasteiger partial charge in [0.2, 0.25) is 0 Å². The van der Waals surface area contributed by atoms with Gasteiger partial charge in [-0.05, 0) is 47.4 Å². The Morgan fingerprint density at radius 3 is 2.95 bits per heavy atom. The predicted molar refractivity (Wildman–Crippen MR) is 88.5 cm³/mol. The van der Waals surface area contributed by atoms with Crippen LogP contribution in [0.1, 0.15) is 37.9 Å². The number of fused-ring (bicyclic) bond motifs is 1. The van der Waals surface area contributed by atoms with Crippen molar-refractivity contribution in [3.05, 3.63) is 40.5 Å². The van der Waals surface area contributed by atoms with Gasteiger partial charge in [-0.1, -0.05) is 25.1 Å². The second-order valence-electron chi connectivity index (χ2n) is 4.80. The molecule has 104 valence electrons. The zero-order valence-electron chi connectivity index (χ0n) is 11.7. The maximum atomic E-state index is 5.40. The summed E-state index contributed by atoms with van der Waals surface area (Å²) in [5, 5.41) is 4.69. The maximum Gasteiger partial charge on any atom is 0.0722 e. The molecule has 1 N–H and O–H groups in total. The van der Waals surface area contributed by atoms with Crippen LogP contribution in [0.25, 0.3) is 10.9 Å². The fraction of sp³-hybridized carbons (Fsp3) is 0.353. The van der Waals surface area contributed by atoms with Gasteiger partial charge in [-0.2, -0.15) is 0 Å². The van der Waals surface area contributed by atoms with Crippen LogP contribution >= 0.6 is 15.9 Å². The number of nitrogens with one attached hydrogen (secondary N) is 1. The van der Waals surface area contributed by atoms with Gasteiger partial charge in [-0.3, -0.25) is 0 Å². The molecule has 0 saturated heterocycles. The minimum absolute atomic E-state index is 0.199. The summed E-state index contributed by atoms with van der Waals surface area (Å²) in [6, 6.07) is 10.5. The summed E-state index contributed by atoms with van der Waals surface area (Å²) in [6.45, 7) is 3.13. The lowest BCUT2D eigenvalue weighted by atomic mass is 10.1. The minimum atomic E-state index is 0.199. The molecule has 20 heavy (non-hydrogen) atoms. The fourth-order valence-corrected chi connectivity index (χ4v) is 2.84. The number of rotatable bonds is 6. The average molecular weight is 331 g/mol. The molecule has 0 spiro atoms. The van der Waals surface area contributed by atoms with Crippen LogP contribution in [0.5, 0.6) is 0 Å². The Labute approximate surface area is 129 Å². The molecule has 1 aromatic carbocycles. The van der Waals surface area contributed by atoms with Crippen LogP contribution < -0.4 is 5.32 Å². The van der Waals surface area contributed by atoms with Gasteiger partial charge in [-0.15, -0.1) is 12.3 Å². The average Bonchev–Trinajstić information content (AvgIpc) is 2.47. The molecule has 1 unspecified atom stereocenters. The zero-order valence-corrected chi connectivity index (χ0v) is 13.3. The monoisotopic (exact) mass is 330 g/mol. The van der Waals surface area contributed by atoms with Gasteiger partial charge in [0.25, 0.3) is 0 Å². The van der Waals surface area contributed by atoms with Crippen LogP contribution in [-0.2, 0) is 0 Å². The molecule has 0 saturated carbocycles. The second kappa shape index (κ2) is 7.42. The van der Waals surface area contributed by atoms with E-state index in [0.29, 0.717) is 0 Å². The number of pyridine rings is 1. The summed E-state index contributed by atoms with van der Waals surface area (Å²) in [5.74, 6) is 2.72. The highest BCUT2D eigenvalue weighted by molar-refractivity contribution is 9.10. The van der Waals surface area contributed by atoms with Gasteiger partial charge >= 0.3 is 0 Å². The standard InChI is InChI=1S/C17H19BrN2/c1-3-5-9-16(19-11-4-2)17-14(18)12-13-8-6-7-10-15(13)20-17/h1,6-8,10,12,16,19H,4-5,9,11H2,2H3. The van der Waals surface area contributed by atoms with Crippen LogP contribution in [0.3, 0.4) is 0 Å². The summed E-state index contributed by atoms with van der Waals surface area (Å²) >= 11 is 3.65. The van der Waals surface area contributed by atoms with E-state index in [4.69, 9.17) is 11.4 Å². The van der Waals surface area contributed by atoms with Crippen molar-refractivity contribution in [2.45, 2.75) is 32.2 Å². The van der Waals surface area contributed by atoms with E-state index in [-0.39, 0.29) is 6.04 Å². The third kappa shape index (κ3) is 3.59. The number of hydrogen-bond donors (Lipinski definition) is 1. The Balaban J connectivity index is 2.35. The second-order valence-corrected chi connectivity index (χ2v) is 5.65. The van der Waals surface area contributed by atoms with E-state index in [0.717, 1.165) is 46.9 Å². The quantitative estimate of drug-likeness (QED) is 0.791. The van der Waals surface area contributed by atoms with Crippen molar-refractivity contribution in [2.75, 3.05) is 6.54 Å². The third-order valence-electron chi connectivity index (χ3n) is 3.25. The number of terminal acetylenes is 1. The molecule has 2 aromatic rings. The fourth-order valence-electron chi connectivity index (χ4n) is 2.23. The topological polar surface area (TPSA) is 24.9 Å². The Morgan fingerprint density at radius 2 is 2.20 bits per heavy atom. The molecule has 0 fully saturated rings. The summed E-state index contributed by atoms with van der Waals surface area (Å²) in [6.07, 6.45) is 8.15. The highest BCUT2D eigenvalue weighted by atomic mass is 79.9. The molecular formula is C17H19BrN2. The van der Waals surface area contributed by atoms with E-state index in [1.54, 1.807) is 0 Å². The molecule has 2 nitrogen and oxygen atoms in total. The van der Waals surface area contributed by atoms with Crippen LogP contribution in [0.4, 0.5) is 0 Å². The van der Waals surface area contributed by atoms with Crippen LogP contribution in [0.2, 0.25) is 0 Å². The highest BCUT2D eigenvalue weighted by Gasteiger charge is 2.15. The van der Waals surface area contributed by atoms with E-state index < -0.39 is 0 Å².